The molecule has 0 aliphatic carbocycles. The number of hydrogen-bond donors (Lipinski definition) is 1. The third-order valence-corrected chi connectivity index (χ3v) is 3.03. The zero-order chi connectivity index (χ0) is 16.0. The van der Waals surface area contributed by atoms with Crippen LogP contribution in [0.5, 0.6) is 5.75 Å². The fraction of sp³-hybridized carbons (Fsp3) is 0.467. The number of benzene rings is 1. The Labute approximate surface area is 133 Å². The predicted molar refractivity (Wildman–Crippen MR) is 84.4 cm³/mol. The molecule has 6 heteroatoms. The standard InChI is InChI=1S/C15H20BrNO4/c1-15(2,3)21-14(19)8-7-13(18)17-10-5-6-12(20-4)11(16)9-10/h5-6,9H,7-8H2,1-4H3,(H,17,18). The largest absolute Gasteiger partial charge is 0.496 e. The van der Waals surface area contributed by atoms with Crippen LogP contribution in [0.1, 0.15) is 33.6 Å². The van der Waals surface area contributed by atoms with Crippen LogP contribution in [0.4, 0.5) is 5.69 Å². The molecule has 0 atom stereocenters. The molecule has 0 heterocycles. The first-order valence-corrected chi connectivity index (χ1v) is 7.36. The SMILES string of the molecule is COc1ccc(NC(=O)CCC(=O)OC(C)(C)C)cc1Br. The normalized spacial score (nSPS) is 10.9. The molecule has 0 bridgehead atoms. The summed E-state index contributed by atoms with van der Waals surface area (Å²) in [5.74, 6) is 0.0632. The molecule has 1 aromatic rings. The van der Waals surface area contributed by atoms with Gasteiger partial charge in [0.05, 0.1) is 18.0 Å². The highest BCUT2D eigenvalue weighted by atomic mass is 79.9. The molecule has 1 rings (SSSR count). The van der Waals surface area contributed by atoms with Gasteiger partial charge >= 0.3 is 5.97 Å². The van der Waals surface area contributed by atoms with Crippen molar-refractivity contribution in [2.24, 2.45) is 0 Å². The summed E-state index contributed by atoms with van der Waals surface area (Å²) in [6, 6.07) is 5.22. The highest BCUT2D eigenvalue weighted by Gasteiger charge is 2.17. The summed E-state index contributed by atoms with van der Waals surface area (Å²) >= 11 is 3.34. The van der Waals surface area contributed by atoms with E-state index in [-0.39, 0.29) is 24.7 Å². The smallest absolute Gasteiger partial charge is 0.306 e. The van der Waals surface area contributed by atoms with Gasteiger partial charge < -0.3 is 14.8 Å². The third-order valence-electron chi connectivity index (χ3n) is 2.41. The number of carbonyl (C=O) groups excluding carboxylic acids is 2. The van der Waals surface area contributed by atoms with Crippen LogP contribution in [-0.4, -0.2) is 24.6 Å². The number of methoxy groups -OCH3 is 1. The molecule has 0 radical (unpaired) electrons. The van der Waals surface area contributed by atoms with Crippen molar-refractivity contribution in [2.75, 3.05) is 12.4 Å². The van der Waals surface area contributed by atoms with Gasteiger partial charge in [0.25, 0.3) is 0 Å². The minimum absolute atomic E-state index is 0.0560. The van der Waals surface area contributed by atoms with Crippen LogP contribution in [0.3, 0.4) is 0 Å². The molecule has 21 heavy (non-hydrogen) atoms. The second-order valence-electron chi connectivity index (χ2n) is 5.48. The quantitative estimate of drug-likeness (QED) is 0.818. The monoisotopic (exact) mass is 357 g/mol. The van der Waals surface area contributed by atoms with E-state index in [0.717, 1.165) is 4.47 Å². The second kappa shape index (κ2) is 7.45. The van der Waals surface area contributed by atoms with Crippen LogP contribution < -0.4 is 10.1 Å². The topological polar surface area (TPSA) is 64.6 Å². The number of esters is 1. The Kier molecular flexibility index (Phi) is 6.20. The van der Waals surface area contributed by atoms with E-state index < -0.39 is 5.60 Å². The van der Waals surface area contributed by atoms with Crippen LogP contribution in [0.25, 0.3) is 0 Å². The van der Waals surface area contributed by atoms with Crippen molar-refractivity contribution in [2.45, 2.75) is 39.2 Å². The fourth-order valence-electron chi connectivity index (χ4n) is 1.58. The molecule has 0 unspecified atom stereocenters. The van der Waals surface area contributed by atoms with E-state index in [1.807, 2.05) is 0 Å². The number of halogens is 1. The summed E-state index contributed by atoms with van der Waals surface area (Å²) < 4.78 is 11.0. The Bertz CT molecular complexity index is 523. The summed E-state index contributed by atoms with van der Waals surface area (Å²) in [7, 11) is 1.57. The highest BCUT2D eigenvalue weighted by Crippen LogP contribution is 2.27. The summed E-state index contributed by atoms with van der Waals surface area (Å²) in [4.78, 5) is 23.3. The molecule has 0 aromatic heterocycles. The second-order valence-corrected chi connectivity index (χ2v) is 6.34. The number of amides is 1. The zero-order valence-corrected chi connectivity index (χ0v) is 14.2. The predicted octanol–water partition coefficient (Wildman–Crippen LogP) is 3.52. The van der Waals surface area contributed by atoms with Gasteiger partial charge in [-0.2, -0.15) is 0 Å². The minimum Gasteiger partial charge on any atom is -0.496 e. The van der Waals surface area contributed by atoms with E-state index in [4.69, 9.17) is 9.47 Å². The molecule has 1 N–H and O–H groups in total. The van der Waals surface area contributed by atoms with Gasteiger partial charge in [0, 0.05) is 12.1 Å². The molecule has 116 valence electrons. The van der Waals surface area contributed by atoms with E-state index in [1.165, 1.54) is 0 Å². The van der Waals surface area contributed by atoms with Gasteiger partial charge in [-0.3, -0.25) is 9.59 Å². The van der Waals surface area contributed by atoms with Crippen molar-refractivity contribution in [1.82, 2.24) is 0 Å². The molecular formula is C15H20BrNO4. The molecule has 1 amide bonds. The number of rotatable bonds is 5. The maximum Gasteiger partial charge on any atom is 0.306 e. The number of ether oxygens (including phenoxy) is 2. The van der Waals surface area contributed by atoms with E-state index in [1.54, 1.807) is 46.1 Å². The third kappa shape index (κ3) is 6.62. The molecule has 0 fully saturated rings. The minimum atomic E-state index is -0.533. The Morgan fingerprint density at radius 1 is 1.24 bits per heavy atom. The van der Waals surface area contributed by atoms with Crippen molar-refractivity contribution in [3.05, 3.63) is 22.7 Å². The van der Waals surface area contributed by atoms with Gasteiger partial charge in [-0.1, -0.05) is 0 Å². The highest BCUT2D eigenvalue weighted by molar-refractivity contribution is 9.10. The lowest BCUT2D eigenvalue weighted by Gasteiger charge is -2.19. The van der Waals surface area contributed by atoms with Gasteiger partial charge in [-0.15, -0.1) is 0 Å². The average Bonchev–Trinajstić information content (AvgIpc) is 2.34. The molecule has 0 aliphatic heterocycles. The molecule has 1 aromatic carbocycles. The lowest BCUT2D eigenvalue weighted by Crippen LogP contribution is -2.24. The van der Waals surface area contributed by atoms with Crippen molar-refractivity contribution < 1.29 is 19.1 Å². The molecule has 0 saturated heterocycles. The van der Waals surface area contributed by atoms with Crippen molar-refractivity contribution in [3.63, 3.8) is 0 Å². The summed E-state index contributed by atoms with van der Waals surface area (Å²) in [5, 5.41) is 2.72. The Balaban J connectivity index is 2.47. The maximum atomic E-state index is 11.8. The molecular weight excluding hydrogens is 338 g/mol. The fourth-order valence-corrected chi connectivity index (χ4v) is 2.12. The first kappa shape index (κ1) is 17.5. The molecule has 0 aliphatic rings. The van der Waals surface area contributed by atoms with Gasteiger partial charge in [0.15, 0.2) is 0 Å². The van der Waals surface area contributed by atoms with Gasteiger partial charge in [0.2, 0.25) is 5.91 Å². The Morgan fingerprint density at radius 2 is 1.90 bits per heavy atom. The first-order chi connectivity index (χ1) is 9.71. The number of carbonyl (C=O) groups is 2. The number of nitrogens with one attached hydrogen (secondary N) is 1. The van der Waals surface area contributed by atoms with Crippen LogP contribution >= 0.6 is 15.9 Å². The van der Waals surface area contributed by atoms with Gasteiger partial charge in [-0.05, 0) is 54.9 Å². The molecule has 5 nitrogen and oxygen atoms in total. The van der Waals surface area contributed by atoms with Crippen molar-refractivity contribution in [1.29, 1.82) is 0 Å². The number of anilines is 1. The zero-order valence-electron chi connectivity index (χ0n) is 12.7. The molecule has 0 spiro atoms. The number of hydrogen-bond acceptors (Lipinski definition) is 4. The Morgan fingerprint density at radius 3 is 2.43 bits per heavy atom. The summed E-state index contributed by atoms with van der Waals surface area (Å²) in [5.41, 5.74) is 0.103. The first-order valence-electron chi connectivity index (χ1n) is 6.56. The van der Waals surface area contributed by atoms with Gasteiger partial charge in [-0.25, -0.2) is 0 Å². The summed E-state index contributed by atoms with van der Waals surface area (Å²) in [6.07, 6.45) is 0.138. The van der Waals surface area contributed by atoms with Crippen molar-refractivity contribution >= 4 is 33.5 Å². The van der Waals surface area contributed by atoms with Crippen LogP contribution in [0.2, 0.25) is 0 Å². The van der Waals surface area contributed by atoms with E-state index in [2.05, 4.69) is 21.2 Å². The van der Waals surface area contributed by atoms with E-state index >= 15 is 0 Å². The van der Waals surface area contributed by atoms with Crippen LogP contribution in [0.15, 0.2) is 22.7 Å². The lowest BCUT2D eigenvalue weighted by atomic mass is 10.2. The van der Waals surface area contributed by atoms with Crippen LogP contribution in [-0.2, 0) is 14.3 Å². The van der Waals surface area contributed by atoms with E-state index in [9.17, 15) is 9.59 Å². The average molecular weight is 358 g/mol. The van der Waals surface area contributed by atoms with Gasteiger partial charge in [0.1, 0.15) is 11.4 Å². The van der Waals surface area contributed by atoms with Crippen molar-refractivity contribution in [3.8, 4) is 5.75 Å². The lowest BCUT2D eigenvalue weighted by molar-refractivity contribution is -0.155. The maximum absolute atomic E-state index is 11.8. The van der Waals surface area contributed by atoms with E-state index in [0.29, 0.717) is 11.4 Å². The summed E-state index contributed by atoms with van der Waals surface area (Å²) in [6.45, 7) is 5.37. The Hall–Kier alpha value is -1.56. The van der Waals surface area contributed by atoms with Crippen LogP contribution in [0, 0.1) is 0 Å². The molecule has 0 saturated carbocycles.